The molecule has 4 aromatic rings. The molecule has 1 amide bonds. The van der Waals surface area contributed by atoms with Crippen molar-refractivity contribution < 1.29 is 23.4 Å². The van der Waals surface area contributed by atoms with Crippen LogP contribution in [0.4, 0.5) is 5.69 Å². The van der Waals surface area contributed by atoms with Gasteiger partial charge in [-0.2, -0.15) is 0 Å². The van der Waals surface area contributed by atoms with Crippen molar-refractivity contribution in [1.82, 2.24) is 4.98 Å². The smallest absolute Gasteiger partial charge is 0.255 e. The number of rotatable bonds is 4. The summed E-state index contributed by atoms with van der Waals surface area (Å²) in [6.07, 6.45) is 0. The number of ether oxygens (including phenoxy) is 3. The molecule has 1 aliphatic rings. The summed E-state index contributed by atoms with van der Waals surface area (Å²) in [5, 5.41) is 2.88. The Hall–Kier alpha value is -4.00. The third kappa shape index (κ3) is 3.12. The van der Waals surface area contributed by atoms with E-state index in [4.69, 9.17) is 18.6 Å². The normalized spacial score (nSPS) is 12.2. The number of carbonyl (C=O) groups is 1. The Bertz CT molecular complexity index is 1200. The maximum atomic E-state index is 12.8. The molecule has 7 heteroatoms. The molecule has 144 valence electrons. The first-order chi connectivity index (χ1) is 14.2. The SMILES string of the molecule is COc1ccc(-c2nc3ccccc3o2)cc1NC(=O)c1ccc2c(c1)OCO2. The lowest BCUT2D eigenvalue weighted by atomic mass is 10.1. The molecule has 3 aromatic carbocycles. The molecule has 1 aliphatic heterocycles. The summed E-state index contributed by atoms with van der Waals surface area (Å²) in [4.78, 5) is 17.3. The standard InChI is InChI=1S/C22H16N2O5/c1-26-17-8-7-14(22-24-15-4-2-3-5-18(15)29-22)10-16(17)23-21(25)13-6-9-19-20(11-13)28-12-27-19/h2-11H,12H2,1H3,(H,23,25). The van der Waals surface area contributed by atoms with Gasteiger partial charge in [-0.3, -0.25) is 4.79 Å². The first kappa shape index (κ1) is 17.1. The van der Waals surface area contributed by atoms with Crippen molar-refractivity contribution in [3.05, 3.63) is 66.2 Å². The molecule has 0 saturated heterocycles. The van der Waals surface area contributed by atoms with Crippen LogP contribution in [0.5, 0.6) is 17.2 Å². The van der Waals surface area contributed by atoms with Gasteiger partial charge in [-0.25, -0.2) is 4.98 Å². The van der Waals surface area contributed by atoms with Crippen molar-refractivity contribution in [2.24, 2.45) is 0 Å². The second-order valence-corrected chi connectivity index (χ2v) is 6.42. The lowest BCUT2D eigenvalue weighted by Gasteiger charge is -2.11. The second-order valence-electron chi connectivity index (χ2n) is 6.42. The lowest BCUT2D eigenvalue weighted by Crippen LogP contribution is -2.12. The molecule has 7 nitrogen and oxygen atoms in total. The summed E-state index contributed by atoms with van der Waals surface area (Å²) in [7, 11) is 1.55. The number of methoxy groups -OCH3 is 1. The number of benzene rings is 3. The zero-order valence-electron chi connectivity index (χ0n) is 15.5. The summed E-state index contributed by atoms with van der Waals surface area (Å²) >= 11 is 0. The van der Waals surface area contributed by atoms with Gasteiger partial charge in [0, 0.05) is 11.1 Å². The van der Waals surface area contributed by atoms with E-state index in [2.05, 4.69) is 10.3 Å². The van der Waals surface area contributed by atoms with E-state index in [1.165, 1.54) is 0 Å². The summed E-state index contributed by atoms with van der Waals surface area (Å²) < 4.78 is 21.9. The highest BCUT2D eigenvalue weighted by atomic mass is 16.7. The Morgan fingerprint density at radius 3 is 2.76 bits per heavy atom. The van der Waals surface area contributed by atoms with Gasteiger partial charge < -0.3 is 23.9 Å². The summed E-state index contributed by atoms with van der Waals surface area (Å²) in [6.45, 7) is 0.154. The minimum Gasteiger partial charge on any atom is -0.495 e. The number of aromatic nitrogens is 1. The average Bonchev–Trinajstić information content (AvgIpc) is 3.39. The molecule has 1 aromatic heterocycles. The molecule has 0 atom stereocenters. The number of para-hydroxylation sites is 2. The van der Waals surface area contributed by atoms with E-state index >= 15 is 0 Å². The van der Waals surface area contributed by atoms with Gasteiger partial charge in [0.15, 0.2) is 17.1 Å². The van der Waals surface area contributed by atoms with Crippen LogP contribution in [0.2, 0.25) is 0 Å². The maximum Gasteiger partial charge on any atom is 0.255 e. The van der Waals surface area contributed by atoms with Crippen molar-refractivity contribution in [3.63, 3.8) is 0 Å². The fraction of sp³-hybridized carbons (Fsp3) is 0.0909. The molecule has 0 aliphatic carbocycles. The number of oxazole rings is 1. The summed E-state index contributed by atoms with van der Waals surface area (Å²) in [5.74, 6) is 1.87. The van der Waals surface area contributed by atoms with E-state index in [0.717, 1.165) is 11.1 Å². The minimum absolute atomic E-state index is 0.154. The Balaban J connectivity index is 1.47. The number of nitrogens with zero attached hydrogens (tertiary/aromatic N) is 1. The number of anilines is 1. The van der Waals surface area contributed by atoms with E-state index < -0.39 is 0 Å². The van der Waals surface area contributed by atoms with Crippen LogP contribution >= 0.6 is 0 Å². The molecule has 2 heterocycles. The van der Waals surface area contributed by atoms with Crippen LogP contribution in [0.25, 0.3) is 22.6 Å². The lowest BCUT2D eigenvalue weighted by molar-refractivity contribution is 0.102. The molecule has 29 heavy (non-hydrogen) atoms. The van der Waals surface area contributed by atoms with Gasteiger partial charge in [0.05, 0.1) is 12.8 Å². The number of amides is 1. The van der Waals surface area contributed by atoms with Crippen molar-refractivity contribution in [2.45, 2.75) is 0 Å². The van der Waals surface area contributed by atoms with E-state index in [0.29, 0.717) is 40.0 Å². The maximum absolute atomic E-state index is 12.8. The number of hydrogen-bond donors (Lipinski definition) is 1. The van der Waals surface area contributed by atoms with Crippen LogP contribution in [0.1, 0.15) is 10.4 Å². The third-order valence-corrected chi connectivity index (χ3v) is 4.62. The number of carbonyl (C=O) groups excluding carboxylic acids is 1. The third-order valence-electron chi connectivity index (χ3n) is 4.62. The first-order valence-corrected chi connectivity index (χ1v) is 8.96. The Labute approximate surface area is 165 Å². The van der Waals surface area contributed by atoms with Crippen LogP contribution in [0, 0.1) is 0 Å². The van der Waals surface area contributed by atoms with E-state index in [1.807, 2.05) is 30.3 Å². The molecule has 0 bridgehead atoms. The minimum atomic E-state index is -0.295. The summed E-state index contributed by atoms with van der Waals surface area (Å²) in [6, 6.07) is 17.9. The van der Waals surface area contributed by atoms with Gasteiger partial charge in [-0.1, -0.05) is 12.1 Å². The van der Waals surface area contributed by atoms with Gasteiger partial charge >= 0.3 is 0 Å². The van der Waals surface area contributed by atoms with E-state index in [1.54, 1.807) is 37.4 Å². The van der Waals surface area contributed by atoms with E-state index in [9.17, 15) is 4.79 Å². The van der Waals surface area contributed by atoms with Crippen LogP contribution < -0.4 is 19.5 Å². The van der Waals surface area contributed by atoms with Gasteiger partial charge in [0.25, 0.3) is 5.91 Å². The molecule has 0 spiro atoms. The Morgan fingerprint density at radius 2 is 1.90 bits per heavy atom. The zero-order chi connectivity index (χ0) is 19.8. The predicted molar refractivity (Wildman–Crippen MR) is 107 cm³/mol. The van der Waals surface area contributed by atoms with Crippen LogP contribution in [0.15, 0.2) is 65.1 Å². The average molecular weight is 388 g/mol. The highest BCUT2D eigenvalue weighted by Crippen LogP contribution is 2.34. The first-order valence-electron chi connectivity index (χ1n) is 8.96. The molecule has 0 unspecified atom stereocenters. The van der Waals surface area contributed by atoms with Crippen molar-refractivity contribution in [1.29, 1.82) is 0 Å². The molecular weight excluding hydrogens is 372 g/mol. The van der Waals surface area contributed by atoms with Crippen molar-refractivity contribution in [3.8, 4) is 28.7 Å². The quantitative estimate of drug-likeness (QED) is 0.555. The predicted octanol–water partition coefficient (Wildman–Crippen LogP) is 4.48. The largest absolute Gasteiger partial charge is 0.495 e. The van der Waals surface area contributed by atoms with E-state index in [-0.39, 0.29) is 12.7 Å². The number of hydrogen-bond acceptors (Lipinski definition) is 6. The fourth-order valence-corrected chi connectivity index (χ4v) is 3.17. The van der Waals surface area contributed by atoms with Crippen molar-refractivity contribution >= 4 is 22.7 Å². The Kier molecular flexibility index (Phi) is 4.05. The topological polar surface area (TPSA) is 82.8 Å². The number of fused-ring (bicyclic) bond motifs is 2. The molecular formula is C22H16N2O5. The molecule has 1 N–H and O–H groups in total. The molecule has 0 fully saturated rings. The Morgan fingerprint density at radius 1 is 1.03 bits per heavy atom. The monoisotopic (exact) mass is 388 g/mol. The molecule has 0 saturated carbocycles. The van der Waals surface area contributed by atoms with Gasteiger partial charge in [-0.15, -0.1) is 0 Å². The number of nitrogens with one attached hydrogen (secondary N) is 1. The van der Waals surface area contributed by atoms with Crippen LogP contribution in [0.3, 0.4) is 0 Å². The fourth-order valence-electron chi connectivity index (χ4n) is 3.17. The molecule has 5 rings (SSSR count). The summed E-state index contributed by atoms with van der Waals surface area (Å²) in [5.41, 5.74) is 3.15. The highest BCUT2D eigenvalue weighted by molar-refractivity contribution is 6.05. The second kappa shape index (κ2) is 6.87. The molecule has 0 radical (unpaired) electrons. The van der Waals surface area contributed by atoms with Crippen LogP contribution in [-0.4, -0.2) is 24.8 Å². The van der Waals surface area contributed by atoms with Gasteiger partial charge in [-0.05, 0) is 48.5 Å². The van der Waals surface area contributed by atoms with Crippen molar-refractivity contribution in [2.75, 3.05) is 19.2 Å². The van der Waals surface area contributed by atoms with Crippen LogP contribution in [-0.2, 0) is 0 Å². The highest BCUT2D eigenvalue weighted by Gasteiger charge is 2.18. The zero-order valence-corrected chi connectivity index (χ0v) is 15.5. The van der Waals surface area contributed by atoms with Gasteiger partial charge in [0.2, 0.25) is 12.7 Å². The van der Waals surface area contributed by atoms with Gasteiger partial charge in [0.1, 0.15) is 11.3 Å².